The van der Waals surface area contributed by atoms with Crippen LogP contribution in [-0.4, -0.2) is 46.2 Å². The first-order valence-electron chi connectivity index (χ1n) is 7.86. The number of hydrogen-bond acceptors (Lipinski definition) is 5. The lowest BCUT2D eigenvalue weighted by Gasteiger charge is -2.18. The molecule has 2 aromatic heterocycles. The van der Waals surface area contributed by atoms with Crippen molar-refractivity contribution in [3.05, 3.63) is 47.8 Å². The Labute approximate surface area is 152 Å². The van der Waals surface area contributed by atoms with Gasteiger partial charge in [-0.3, -0.25) is 4.79 Å². The second-order valence-corrected chi connectivity index (χ2v) is 6.52. The SMILES string of the molecule is CSc1ncccc1C(=O)N1CC[C@H](Oc2cc(C(F)(F)F)ccn2)C1. The molecule has 0 radical (unpaired) electrons. The van der Waals surface area contributed by atoms with Crippen molar-refractivity contribution in [2.24, 2.45) is 0 Å². The van der Waals surface area contributed by atoms with Crippen LogP contribution in [0.1, 0.15) is 22.3 Å². The highest BCUT2D eigenvalue weighted by molar-refractivity contribution is 7.98. The van der Waals surface area contributed by atoms with Gasteiger partial charge in [-0.15, -0.1) is 11.8 Å². The van der Waals surface area contributed by atoms with Gasteiger partial charge in [0.05, 0.1) is 17.7 Å². The summed E-state index contributed by atoms with van der Waals surface area (Å²) < 4.78 is 43.9. The Morgan fingerprint density at radius 2 is 2.12 bits per heavy atom. The van der Waals surface area contributed by atoms with Gasteiger partial charge in [0.2, 0.25) is 5.88 Å². The van der Waals surface area contributed by atoms with Crippen LogP contribution in [0, 0.1) is 0 Å². The first-order chi connectivity index (χ1) is 12.4. The van der Waals surface area contributed by atoms with Crippen LogP contribution >= 0.6 is 11.8 Å². The molecule has 0 N–H and O–H groups in total. The number of likely N-dealkylation sites (tertiary alicyclic amines) is 1. The molecule has 2 aromatic rings. The van der Waals surface area contributed by atoms with Crippen LogP contribution in [0.2, 0.25) is 0 Å². The second kappa shape index (κ2) is 7.53. The molecule has 138 valence electrons. The lowest BCUT2D eigenvalue weighted by atomic mass is 10.2. The van der Waals surface area contributed by atoms with Crippen molar-refractivity contribution in [3.63, 3.8) is 0 Å². The number of carbonyl (C=O) groups excluding carboxylic acids is 1. The number of carbonyl (C=O) groups is 1. The third-order valence-corrected chi connectivity index (χ3v) is 4.69. The number of alkyl halides is 3. The minimum absolute atomic E-state index is 0.0923. The lowest BCUT2D eigenvalue weighted by molar-refractivity contribution is -0.137. The molecule has 1 aliphatic rings. The molecule has 0 spiro atoms. The van der Waals surface area contributed by atoms with E-state index in [2.05, 4.69) is 9.97 Å². The van der Waals surface area contributed by atoms with Crippen LogP contribution in [0.5, 0.6) is 5.88 Å². The molecule has 0 aromatic carbocycles. The number of pyridine rings is 2. The average molecular weight is 383 g/mol. The van der Waals surface area contributed by atoms with Gasteiger partial charge in [0.1, 0.15) is 11.1 Å². The largest absolute Gasteiger partial charge is 0.472 e. The fourth-order valence-corrected chi connectivity index (χ4v) is 3.26. The molecule has 1 atom stereocenters. The summed E-state index contributed by atoms with van der Waals surface area (Å²) in [6, 6.07) is 5.17. The molecule has 1 saturated heterocycles. The Morgan fingerprint density at radius 1 is 1.31 bits per heavy atom. The molecule has 5 nitrogen and oxygen atoms in total. The maximum atomic E-state index is 12.8. The van der Waals surface area contributed by atoms with E-state index in [1.54, 1.807) is 23.2 Å². The number of ether oxygens (including phenoxy) is 1. The van der Waals surface area contributed by atoms with Crippen molar-refractivity contribution < 1.29 is 22.7 Å². The Balaban J connectivity index is 1.67. The molecule has 0 saturated carbocycles. The number of halogens is 3. The van der Waals surface area contributed by atoms with Crippen molar-refractivity contribution >= 4 is 17.7 Å². The first-order valence-corrected chi connectivity index (χ1v) is 9.09. The molecule has 1 amide bonds. The Bertz CT molecular complexity index is 801. The second-order valence-electron chi connectivity index (χ2n) is 5.72. The average Bonchev–Trinajstić information content (AvgIpc) is 3.09. The van der Waals surface area contributed by atoms with E-state index in [4.69, 9.17) is 4.74 Å². The summed E-state index contributed by atoms with van der Waals surface area (Å²) in [7, 11) is 0. The van der Waals surface area contributed by atoms with Gasteiger partial charge in [-0.1, -0.05) is 0 Å². The summed E-state index contributed by atoms with van der Waals surface area (Å²) >= 11 is 1.38. The number of hydrogen-bond donors (Lipinski definition) is 0. The summed E-state index contributed by atoms with van der Waals surface area (Å²) in [4.78, 5) is 22.3. The smallest absolute Gasteiger partial charge is 0.416 e. The maximum absolute atomic E-state index is 12.8. The van der Waals surface area contributed by atoms with Crippen molar-refractivity contribution in [2.75, 3.05) is 19.3 Å². The molecule has 0 unspecified atom stereocenters. The molecule has 3 rings (SSSR count). The zero-order chi connectivity index (χ0) is 18.7. The highest BCUT2D eigenvalue weighted by Gasteiger charge is 2.33. The number of rotatable bonds is 4. The van der Waals surface area contributed by atoms with E-state index in [1.165, 1.54) is 11.8 Å². The van der Waals surface area contributed by atoms with E-state index >= 15 is 0 Å². The molecule has 9 heteroatoms. The van der Waals surface area contributed by atoms with Crippen molar-refractivity contribution in [1.29, 1.82) is 0 Å². The monoisotopic (exact) mass is 383 g/mol. The Morgan fingerprint density at radius 3 is 2.85 bits per heavy atom. The van der Waals surface area contributed by atoms with Gasteiger partial charge >= 0.3 is 6.18 Å². The quantitative estimate of drug-likeness (QED) is 0.757. The maximum Gasteiger partial charge on any atom is 0.416 e. The Hall–Kier alpha value is -2.29. The summed E-state index contributed by atoms with van der Waals surface area (Å²) in [5.41, 5.74) is -0.300. The number of thioether (sulfide) groups is 1. The van der Waals surface area contributed by atoms with Gasteiger partial charge in [-0.05, 0) is 24.5 Å². The molecular formula is C17H16F3N3O2S. The van der Waals surface area contributed by atoms with Gasteiger partial charge in [0.15, 0.2) is 0 Å². The van der Waals surface area contributed by atoms with Gasteiger partial charge in [0.25, 0.3) is 5.91 Å². The van der Waals surface area contributed by atoms with E-state index in [1.807, 2.05) is 6.26 Å². The molecule has 3 heterocycles. The standard InChI is InChI=1S/C17H16F3N3O2S/c1-26-15-13(3-2-6-22-15)16(24)23-8-5-12(10-23)25-14-9-11(4-7-21-14)17(18,19)20/h2-4,6-7,9,12H,5,8,10H2,1H3/t12-/m0/s1. The van der Waals surface area contributed by atoms with Gasteiger partial charge < -0.3 is 9.64 Å². The molecular weight excluding hydrogens is 367 g/mol. The normalized spacial score (nSPS) is 17.4. The van der Waals surface area contributed by atoms with Crippen molar-refractivity contribution in [3.8, 4) is 5.88 Å². The van der Waals surface area contributed by atoms with Crippen LogP contribution in [0.15, 0.2) is 41.7 Å². The zero-order valence-corrected chi connectivity index (χ0v) is 14.7. The number of amides is 1. The summed E-state index contributed by atoms with van der Waals surface area (Å²) in [5.74, 6) is -0.254. The highest BCUT2D eigenvalue weighted by Crippen LogP contribution is 2.31. The summed E-state index contributed by atoms with van der Waals surface area (Å²) in [6.07, 6.45) is 0.207. The van der Waals surface area contributed by atoms with E-state index in [0.29, 0.717) is 30.1 Å². The van der Waals surface area contributed by atoms with Gasteiger partial charge in [-0.25, -0.2) is 9.97 Å². The molecule has 0 aliphatic carbocycles. The zero-order valence-electron chi connectivity index (χ0n) is 13.9. The minimum Gasteiger partial charge on any atom is -0.472 e. The number of aromatic nitrogens is 2. The van der Waals surface area contributed by atoms with Crippen LogP contribution in [0.25, 0.3) is 0 Å². The van der Waals surface area contributed by atoms with Gasteiger partial charge in [0, 0.05) is 31.4 Å². The fraction of sp³-hybridized carbons (Fsp3) is 0.353. The summed E-state index contributed by atoms with van der Waals surface area (Å²) in [5, 5.41) is 0.640. The Kier molecular flexibility index (Phi) is 5.36. The highest BCUT2D eigenvalue weighted by atomic mass is 32.2. The first kappa shape index (κ1) is 18.5. The van der Waals surface area contributed by atoms with Crippen molar-refractivity contribution in [2.45, 2.75) is 23.7 Å². The lowest BCUT2D eigenvalue weighted by Crippen LogP contribution is -2.31. The minimum atomic E-state index is -4.45. The van der Waals surface area contributed by atoms with Crippen LogP contribution in [0.4, 0.5) is 13.2 Å². The van der Waals surface area contributed by atoms with E-state index in [-0.39, 0.29) is 11.8 Å². The third-order valence-electron chi connectivity index (χ3n) is 3.98. The molecule has 1 aliphatic heterocycles. The summed E-state index contributed by atoms with van der Waals surface area (Å²) in [6.45, 7) is 0.755. The predicted molar refractivity (Wildman–Crippen MR) is 90.2 cm³/mol. The van der Waals surface area contributed by atoms with Crippen LogP contribution in [-0.2, 0) is 6.18 Å². The van der Waals surface area contributed by atoms with Crippen LogP contribution in [0.3, 0.4) is 0 Å². The third kappa shape index (κ3) is 4.09. The van der Waals surface area contributed by atoms with Crippen molar-refractivity contribution in [1.82, 2.24) is 14.9 Å². The molecule has 26 heavy (non-hydrogen) atoms. The number of nitrogens with zero attached hydrogens (tertiary/aromatic N) is 3. The predicted octanol–water partition coefficient (Wildman–Crippen LogP) is 3.51. The van der Waals surface area contributed by atoms with E-state index in [0.717, 1.165) is 18.3 Å². The van der Waals surface area contributed by atoms with E-state index < -0.39 is 17.8 Å². The topological polar surface area (TPSA) is 55.3 Å². The fourth-order valence-electron chi connectivity index (χ4n) is 2.72. The van der Waals surface area contributed by atoms with Crippen LogP contribution < -0.4 is 4.74 Å². The molecule has 0 bridgehead atoms. The van der Waals surface area contributed by atoms with Gasteiger partial charge in [-0.2, -0.15) is 13.2 Å². The van der Waals surface area contributed by atoms with E-state index in [9.17, 15) is 18.0 Å². The molecule has 1 fully saturated rings.